The molecule has 176 valence electrons. The molecule has 0 saturated heterocycles. The van der Waals surface area contributed by atoms with E-state index in [1.807, 2.05) is 81.6 Å². The minimum Gasteiger partial charge on any atom is -0.545 e. The van der Waals surface area contributed by atoms with Crippen LogP contribution in [0.2, 0.25) is 0 Å². The summed E-state index contributed by atoms with van der Waals surface area (Å²) in [6.07, 6.45) is 1.74. The van der Waals surface area contributed by atoms with E-state index in [9.17, 15) is 9.90 Å². The first kappa shape index (κ1) is 26.3. The SMILES string of the molecule is CSc1ccc([C@H](C)Oc2ccc(C)c3nc(-c4oc5ccccc5c4C)cc(C(=O)[O-])c23)cc1.[Na+]. The number of nitrogens with zero attached hydrogens (tertiary/aromatic N) is 1. The molecule has 0 bridgehead atoms. The molecule has 2 aromatic heterocycles. The van der Waals surface area contributed by atoms with Gasteiger partial charge in [-0.05, 0) is 68.5 Å². The number of aromatic nitrogens is 1. The van der Waals surface area contributed by atoms with Crippen molar-refractivity contribution in [2.24, 2.45) is 0 Å². The zero-order valence-electron chi connectivity index (χ0n) is 20.9. The van der Waals surface area contributed by atoms with Crippen molar-refractivity contribution in [3.63, 3.8) is 0 Å². The first-order chi connectivity index (χ1) is 16.9. The maximum atomic E-state index is 12.3. The van der Waals surface area contributed by atoms with Gasteiger partial charge in [-0.3, -0.25) is 0 Å². The summed E-state index contributed by atoms with van der Waals surface area (Å²) < 4.78 is 12.4. The standard InChI is InChI=1S/C29H25NO4S.Na/c1-16-9-14-25(33-18(3)19-10-12-20(35-4)13-11-19)26-22(29(31)32)15-23(30-27(16)26)28-17(2)21-7-5-6-8-24(21)34-28;/h5-15,18H,1-4H3,(H,31,32);/q;+1/p-1/t18-;/m0./s1. The number of para-hydroxylation sites is 1. The number of benzene rings is 3. The van der Waals surface area contributed by atoms with Gasteiger partial charge in [0, 0.05) is 21.4 Å². The average Bonchev–Trinajstić information content (AvgIpc) is 3.21. The van der Waals surface area contributed by atoms with E-state index in [-0.39, 0.29) is 41.2 Å². The monoisotopic (exact) mass is 505 g/mol. The number of carbonyl (C=O) groups excluding carboxylic acids is 1. The zero-order valence-corrected chi connectivity index (χ0v) is 23.7. The number of thioether (sulfide) groups is 1. The molecule has 3 aromatic carbocycles. The predicted molar refractivity (Wildman–Crippen MR) is 138 cm³/mol. The molecule has 0 spiro atoms. The Bertz CT molecular complexity index is 1580. The van der Waals surface area contributed by atoms with Crippen molar-refractivity contribution < 1.29 is 48.6 Å². The zero-order chi connectivity index (χ0) is 24.7. The van der Waals surface area contributed by atoms with Crippen LogP contribution in [0.4, 0.5) is 0 Å². The Morgan fingerprint density at radius 3 is 2.44 bits per heavy atom. The van der Waals surface area contributed by atoms with Gasteiger partial charge in [0.15, 0.2) is 5.76 Å². The van der Waals surface area contributed by atoms with Crippen LogP contribution in [0.3, 0.4) is 0 Å². The topological polar surface area (TPSA) is 75.4 Å². The van der Waals surface area contributed by atoms with Gasteiger partial charge in [0.25, 0.3) is 0 Å². The summed E-state index contributed by atoms with van der Waals surface area (Å²) in [4.78, 5) is 18.3. The quantitative estimate of drug-likeness (QED) is 0.260. The Kier molecular flexibility index (Phi) is 7.81. The molecule has 1 atom stereocenters. The van der Waals surface area contributed by atoms with E-state index >= 15 is 0 Å². The number of aryl methyl sites for hydroxylation is 2. The molecule has 5 nitrogen and oxygen atoms in total. The van der Waals surface area contributed by atoms with Crippen LogP contribution in [0.5, 0.6) is 5.75 Å². The predicted octanol–water partition coefficient (Wildman–Crippen LogP) is 3.49. The van der Waals surface area contributed by atoms with E-state index < -0.39 is 5.97 Å². The molecule has 0 amide bonds. The Labute approximate surface area is 236 Å². The van der Waals surface area contributed by atoms with Crippen LogP contribution >= 0.6 is 11.8 Å². The normalized spacial score (nSPS) is 11.9. The van der Waals surface area contributed by atoms with Crippen molar-refractivity contribution in [2.45, 2.75) is 31.8 Å². The van der Waals surface area contributed by atoms with E-state index in [1.165, 1.54) is 11.0 Å². The molecule has 0 N–H and O–H groups in total. The summed E-state index contributed by atoms with van der Waals surface area (Å²) in [7, 11) is 0. The smallest absolute Gasteiger partial charge is 0.545 e. The summed E-state index contributed by atoms with van der Waals surface area (Å²) in [5, 5.41) is 13.7. The number of furan rings is 1. The summed E-state index contributed by atoms with van der Waals surface area (Å²) in [5.74, 6) is -0.296. The van der Waals surface area contributed by atoms with Gasteiger partial charge in [0.1, 0.15) is 23.1 Å². The van der Waals surface area contributed by atoms with Gasteiger partial charge < -0.3 is 19.1 Å². The van der Waals surface area contributed by atoms with Crippen LogP contribution in [0.1, 0.15) is 40.1 Å². The van der Waals surface area contributed by atoms with Crippen LogP contribution in [0.25, 0.3) is 33.3 Å². The third-order valence-corrected chi connectivity index (χ3v) is 7.05. The van der Waals surface area contributed by atoms with Crippen LogP contribution in [0, 0.1) is 13.8 Å². The van der Waals surface area contributed by atoms with Crippen molar-refractivity contribution in [2.75, 3.05) is 6.26 Å². The first-order valence-corrected chi connectivity index (χ1v) is 12.5. The van der Waals surface area contributed by atoms with E-state index in [2.05, 4.69) is 0 Å². The second-order valence-corrected chi connectivity index (χ2v) is 9.41. The third-order valence-electron chi connectivity index (χ3n) is 6.31. The van der Waals surface area contributed by atoms with Crippen LogP contribution in [-0.2, 0) is 0 Å². The van der Waals surface area contributed by atoms with E-state index in [1.54, 1.807) is 17.8 Å². The molecule has 5 rings (SSSR count). The number of carbonyl (C=O) groups is 1. The summed E-state index contributed by atoms with van der Waals surface area (Å²) in [6.45, 7) is 5.79. The van der Waals surface area contributed by atoms with E-state index in [0.717, 1.165) is 27.7 Å². The maximum Gasteiger partial charge on any atom is 1.00 e. The van der Waals surface area contributed by atoms with Crippen molar-refractivity contribution in [3.05, 3.63) is 89.0 Å². The molecular formula is C29H24NNaO4S. The van der Waals surface area contributed by atoms with E-state index in [0.29, 0.717) is 28.1 Å². The van der Waals surface area contributed by atoms with Gasteiger partial charge in [-0.2, -0.15) is 0 Å². The number of carboxylic acids is 1. The van der Waals surface area contributed by atoms with Crippen LogP contribution in [0.15, 0.2) is 76.0 Å². The minimum atomic E-state index is -1.29. The Morgan fingerprint density at radius 2 is 1.78 bits per heavy atom. The van der Waals surface area contributed by atoms with Gasteiger partial charge in [-0.15, -0.1) is 11.8 Å². The second-order valence-electron chi connectivity index (χ2n) is 8.53. The number of ether oxygens (including phenoxy) is 1. The number of fused-ring (bicyclic) bond motifs is 2. The molecule has 2 heterocycles. The molecular weight excluding hydrogens is 481 g/mol. The van der Waals surface area contributed by atoms with Gasteiger partial charge >= 0.3 is 29.6 Å². The van der Waals surface area contributed by atoms with Gasteiger partial charge in [-0.25, -0.2) is 4.98 Å². The molecule has 0 unspecified atom stereocenters. The Morgan fingerprint density at radius 1 is 1.06 bits per heavy atom. The fourth-order valence-electron chi connectivity index (χ4n) is 4.37. The molecule has 0 radical (unpaired) electrons. The average molecular weight is 506 g/mol. The molecule has 0 aliphatic heterocycles. The van der Waals surface area contributed by atoms with Crippen molar-refractivity contribution in [1.82, 2.24) is 4.98 Å². The molecule has 0 aliphatic rings. The Balaban J connectivity index is 0.00000304. The number of pyridine rings is 1. The van der Waals surface area contributed by atoms with Crippen molar-refractivity contribution in [1.29, 1.82) is 0 Å². The van der Waals surface area contributed by atoms with Crippen LogP contribution in [-0.4, -0.2) is 17.2 Å². The molecule has 36 heavy (non-hydrogen) atoms. The first-order valence-electron chi connectivity index (χ1n) is 11.3. The number of carboxylic acid groups (broad SMARTS) is 1. The fraction of sp³-hybridized carbons (Fsp3) is 0.172. The summed E-state index contributed by atoms with van der Waals surface area (Å²) in [5.41, 5.74) is 4.48. The van der Waals surface area contributed by atoms with Gasteiger partial charge in [0.2, 0.25) is 0 Å². The van der Waals surface area contributed by atoms with Gasteiger partial charge in [0.05, 0.1) is 16.9 Å². The number of hydrogen-bond donors (Lipinski definition) is 0. The van der Waals surface area contributed by atoms with Crippen molar-refractivity contribution >= 4 is 39.6 Å². The Hall–Kier alpha value is -2.77. The number of hydrogen-bond acceptors (Lipinski definition) is 6. The molecule has 0 aliphatic carbocycles. The van der Waals surface area contributed by atoms with Gasteiger partial charge in [-0.1, -0.05) is 36.4 Å². The van der Waals surface area contributed by atoms with Crippen LogP contribution < -0.4 is 39.4 Å². The molecule has 0 fully saturated rings. The van der Waals surface area contributed by atoms with E-state index in [4.69, 9.17) is 14.1 Å². The summed E-state index contributed by atoms with van der Waals surface area (Å²) >= 11 is 1.67. The third kappa shape index (κ3) is 4.78. The largest absolute Gasteiger partial charge is 1.00 e. The molecule has 5 aromatic rings. The van der Waals surface area contributed by atoms with Crippen molar-refractivity contribution in [3.8, 4) is 17.2 Å². The molecule has 0 saturated carbocycles. The fourth-order valence-corrected chi connectivity index (χ4v) is 4.78. The second kappa shape index (κ2) is 10.7. The molecule has 7 heteroatoms. The number of rotatable bonds is 6. The number of aromatic carboxylic acids is 1. The maximum absolute atomic E-state index is 12.3. The summed E-state index contributed by atoms with van der Waals surface area (Å²) in [6, 6.07) is 21.0. The minimum absolute atomic E-state index is 0.